The highest BCUT2D eigenvalue weighted by atomic mass is 19.1. The first kappa shape index (κ1) is 19.5. The van der Waals surface area contributed by atoms with E-state index in [2.05, 4.69) is 19.9 Å². The summed E-state index contributed by atoms with van der Waals surface area (Å²) in [6.45, 7) is 6.76. The smallest absolute Gasteiger partial charge is 0.260 e. The van der Waals surface area contributed by atoms with Crippen LogP contribution in [0.5, 0.6) is 0 Å². The molecular weight excluding hydrogens is 385 g/mol. The molecule has 1 aromatic carbocycles. The number of hydrogen-bond donors (Lipinski definition) is 0. The maximum Gasteiger partial charge on any atom is 0.260 e. The molecule has 1 amide bonds. The average Bonchev–Trinajstić information content (AvgIpc) is 3.36. The number of amides is 1. The Balaban J connectivity index is 1.19. The van der Waals surface area contributed by atoms with Gasteiger partial charge >= 0.3 is 0 Å². The molecule has 3 fully saturated rings. The molecule has 160 valence electrons. The normalized spacial score (nSPS) is 23.1. The molecule has 30 heavy (non-hydrogen) atoms. The van der Waals surface area contributed by atoms with Crippen molar-refractivity contribution in [3.63, 3.8) is 0 Å². The largest absolute Gasteiger partial charge is 0.371 e. The van der Waals surface area contributed by atoms with E-state index in [1.54, 1.807) is 13.0 Å². The van der Waals surface area contributed by atoms with Crippen LogP contribution < -0.4 is 4.90 Å². The molecule has 0 bridgehead atoms. The maximum absolute atomic E-state index is 14.6. The van der Waals surface area contributed by atoms with Gasteiger partial charge in [-0.1, -0.05) is 11.6 Å². The van der Waals surface area contributed by atoms with E-state index in [4.69, 9.17) is 4.52 Å². The average molecular weight is 413 g/mol. The molecule has 0 N–H and O–H groups in total. The fraction of sp³-hybridized carbons (Fsp3) is 0.591. The van der Waals surface area contributed by atoms with E-state index >= 15 is 0 Å². The summed E-state index contributed by atoms with van der Waals surface area (Å²) in [5, 5.41) is 3.72. The minimum atomic E-state index is -0.391. The lowest BCUT2D eigenvalue weighted by Gasteiger charge is -2.43. The van der Waals surface area contributed by atoms with Crippen LogP contribution in [0.1, 0.15) is 31.5 Å². The number of carbonyl (C=O) groups is 1. The molecule has 2 aliphatic heterocycles. The van der Waals surface area contributed by atoms with Gasteiger partial charge in [0.1, 0.15) is 5.82 Å². The van der Waals surface area contributed by atoms with Crippen LogP contribution in [0.3, 0.4) is 0 Å². The number of rotatable bonds is 4. The second kappa shape index (κ2) is 7.98. The van der Waals surface area contributed by atoms with Crippen LogP contribution in [0.15, 0.2) is 22.7 Å². The standard InChI is InChI=1S/C22H28FN5O2/c1-15-24-21(30-25-15)19-6-5-18(13-20(19)23)28-8-7-16(14-28)22(29)27-11-9-26(10-12-27)17-3-2-4-17/h5-6,13,16-17H,2-4,7-12,14H2,1H3/t16-/m0/s1. The third-order valence-electron chi connectivity index (χ3n) is 6.83. The van der Waals surface area contributed by atoms with Crippen LogP contribution in [-0.2, 0) is 4.79 Å². The molecule has 8 heteroatoms. The van der Waals surface area contributed by atoms with Gasteiger partial charge < -0.3 is 14.3 Å². The van der Waals surface area contributed by atoms with Crippen molar-refractivity contribution in [2.24, 2.45) is 5.92 Å². The SMILES string of the molecule is Cc1noc(-c2ccc(N3CC[C@H](C(=O)N4CCN(C5CCC5)CC4)C3)cc2F)n1. The number of benzene rings is 1. The van der Waals surface area contributed by atoms with Gasteiger partial charge in [-0.15, -0.1) is 0 Å². The molecule has 2 aromatic rings. The van der Waals surface area contributed by atoms with Gasteiger partial charge in [0.25, 0.3) is 5.89 Å². The Morgan fingerprint density at radius 2 is 1.93 bits per heavy atom. The quantitative estimate of drug-likeness (QED) is 0.768. The second-order valence-corrected chi connectivity index (χ2v) is 8.69. The third kappa shape index (κ3) is 3.69. The number of anilines is 1. The zero-order valence-electron chi connectivity index (χ0n) is 17.4. The summed E-state index contributed by atoms with van der Waals surface area (Å²) in [6, 6.07) is 5.78. The lowest BCUT2D eigenvalue weighted by atomic mass is 9.91. The Labute approximate surface area is 175 Å². The van der Waals surface area contributed by atoms with Crippen molar-refractivity contribution in [3.05, 3.63) is 29.8 Å². The van der Waals surface area contributed by atoms with Gasteiger partial charge in [-0.05, 0) is 44.4 Å². The van der Waals surface area contributed by atoms with Gasteiger partial charge in [-0.3, -0.25) is 9.69 Å². The highest BCUT2D eigenvalue weighted by Crippen LogP contribution is 2.30. The highest BCUT2D eigenvalue weighted by molar-refractivity contribution is 5.80. The van der Waals surface area contributed by atoms with Crippen LogP contribution in [0, 0.1) is 18.7 Å². The Bertz CT molecular complexity index is 920. The lowest BCUT2D eigenvalue weighted by molar-refractivity contribution is -0.137. The summed E-state index contributed by atoms with van der Waals surface area (Å²) in [4.78, 5) is 23.8. The molecular formula is C22H28FN5O2. The molecule has 1 aliphatic carbocycles. The fourth-order valence-electron chi connectivity index (χ4n) is 4.79. The summed E-state index contributed by atoms with van der Waals surface area (Å²) in [5.74, 6) is 0.513. The molecule has 0 unspecified atom stereocenters. The van der Waals surface area contributed by atoms with E-state index in [0.717, 1.165) is 50.9 Å². The van der Waals surface area contributed by atoms with Crippen LogP contribution in [-0.4, -0.2) is 71.2 Å². The van der Waals surface area contributed by atoms with Crippen LogP contribution >= 0.6 is 0 Å². The van der Waals surface area contributed by atoms with E-state index in [1.165, 1.54) is 25.3 Å². The predicted molar refractivity (Wildman–Crippen MR) is 111 cm³/mol. The van der Waals surface area contributed by atoms with Gasteiger partial charge in [0, 0.05) is 51.0 Å². The molecule has 3 aliphatic rings. The van der Waals surface area contributed by atoms with Crippen LogP contribution in [0.25, 0.3) is 11.5 Å². The second-order valence-electron chi connectivity index (χ2n) is 8.69. The predicted octanol–water partition coefficient (Wildman–Crippen LogP) is 2.71. The van der Waals surface area contributed by atoms with Gasteiger partial charge in [0.2, 0.25) is 5.91 Å². The zero-order chi connectivity index (χ0) is 20.7. The summed E-state index contributed by atoms with van der Waals surface area (Å²) in [5.41, 5.74) is 1.09. The van der Waals surface area contributed by atoms with E-state index in [9.17, 15) is 9.18 Å². The van der Waals surface area contributed by atoms with Gasteiger partial charge in [0.05, 0.1) is 11.5 Å². The van der Waals surface area contributed by atoms with Gasteiger partial charge in [-0.2, -0.15) is 4.98 Å². The first-order chi connectivity index (χ1) is 14.6. The Morgan fingerprint density at radius 3 is 2.57 bits per heavy atom. The van der Waals surface area contributed by atoms with Crippen molar-refractivity contribution in [2.45, 2.75) is 38.6 Å². The maximum atomic E-state index is 14.6. The number of carbonyl (C=O) groups excluding carboxylic acids is 1. The number of aromatic nitrogens is 2. The number of halogens is 1. The monoisotopic (exact) mass is 413 g/mol. The molecule has 2 saturated heterocycles. The molecule has 1 atom stereocenters. The molecule has 0 spiro atoms. The third-order valence-corrected chi connectivity index (χ3v) is 6.83. The van der Waals surface area contributed by atoms with Crippen molar-refractivity contribution in [1.82, 2.24) is 19.9 Å². The summed E-state index contributed by atoms with van der Waals surface area (Å²) >= 11 is 0. The molecule has 1 aromatic heterocycles. The minimum Gasteiger partial charge on any atom is -0.371 e. The van der Waals surface area contributed by atoms with E-state index in [0.29, 0.717) is 17.9 Å². The number of hydrogen-bond acceptors (Lipinski definition) is 6. The summed E-state index contributed by atoms with van der Waals surface area (Å²) in [6.07, 6.45) is 4.78. The van der Waals surface area contributed by atoms with Crippen LogP contribution in [0.4, 0.5) is 10.1 Å². The Kier molecular flexibility index (Phi) is 5.18. The van der Waals surface area contributed by atoms with Crippen molar-refractivity contribution in [2.75, 3.05) is 44.2 Å². The van der Waals surface area contributed by atoms with Crippen LogP contribution in [0.2, 0.25) is 0 Å². The topological polar surface area (TPSA) is 65.7 Å². The van der Waals surface area contributed by atoms with Gasteiger partial charge in [-0.25, -0.2) is 4.39 Å². The minimum absolute atomic E-state index is 0.0124. The van der Waals surface area contributed by atoms with E-state index in [1.807, 2.05) is 11.0 Å². The highest BCUT2D eigenvalue weighted by Gasteiger charge is 2.35. The molecule has 7 nitrogen and oxygen atoms in total. The number of nitrogens with zero attached hydrogens (tertiary/aromatic N) is 5. The summed E-state index contributed by atoms with van der Waals surface area (Å²) in [7, 11) is 0. The molecule has 0 radical (unpaired) electrons. The van der Waals surface area contributed by atoms with Crippen molar-refractivity contribution in [1.29, 1.82) is 0 Å². The molecule has 1 saturated carbocycles. The van der Waals surface area contributed by atoms with Crippen molar-refractivity contribution >= 4 is 11.6 Å². The number of aryl methyl sites for hydroxylation is 1. The first-order valence-corrected chi connectivity index (χ1v) is 11.0. The molecule has 3 heterocycles. The summed E-state index contributed by atoms with van der Waals surface area (Å²) < 4.78 is 19.7. The van der Waals surface area contributed by atoms with E-state index < -0.39 is 5.82 Å². The fourth-order valence-corrected chi connectivity index (χ4v) is 4.79. The Hall–Kier alpha value is -2.48. The number of piperazine rings is 1. The van der Waals surface area contributed by atoms with Gasteiger partial charge in [0.15, 0.2) is 5.82 Å². The lowest BCUT2D eigenvalue weighted by Crippen LogP contribution is -2.54. The van der Waals surface area contributed by atoms with Crippen molar-refractivity contribution < 1.29 is 13.7 Å². The van der Waals surface area contributed by atoms with Crippen molar-refractivity contribution in [3.8, 4) is 11.5 Å². The van der Waals surface area contributed by atoms with E-state index in [-0.39, 0.29) is 17.7 Å². The zero-order valence-corrected chi connectivity index (χ0v) is 17.4. The first-order valence-electron chi connectivity index (χ1n) is 11.0. The molecule has 5 rings (SSSR count). The Morgan fingerprint density at radius 1 is 1.13 bits per heavy atom.